The van der Waals surface area contributed by atoms with E-state index in [4.69, 9.17) is 0 Å². The van der Waals surface area contributed by atoms with Gasteiger partial charge >= 0.3 is 0 Å². The van der Waals surface area contributed by atoms with Gasteiger partial charge in [0.15, 0.2) is 0 Å². The summed E-state index contributed by atoms with van der Waals surface area (Å²) in [4.78, 5) is 12.5. The zero-order chi connectivity index (χ0) is 19.4. The zero-order valence-corrected chi connectivity index (χ0v) is 15.9. The Labute approximate surface area is 159 Å². The third-order valence-electron chi connectivity index (χ3n) is 4.09. The minimum Gasteiger partial charge on any atom is -0.322 e. The highest BCUT2D eigenvalue weighted by Crippen LogP contribution is 2.19. The van der Waals surface area contributed by atoms with E-state index in [9.17, 15) is 13.2 Å². The first-order valence-corrected chi connectivity index (χ1v) is 9.90. The van der Waals surface area contributed by atoms with Crippen molar-refractivity contribution in [2.75, 3.05) is 10.0 Å². The molecule has 0 aliphatic rings. The summed E-state index contributed by atoms with van der Waals surface area (Å²) < 4.78 is 27.4. The Hall–Kier alpha value is -3.12. The van der Waals surface area contributed by atoms with Gasteiger partial charge in [-0.15, -0.1) is 0 Å². The molecule has 0 bridgehead atoms. The second-order valence-electron chi connectivity index (χ2n) is 6.27. The Kier molecular flexibility index (Phi) is 5.28. The van der Waals surface area contributed by atoms with Crippen LogP contribution < -0.4 is 10.0 Å². The van der Waals surface area contributed by atoms with Gasteiger partial charge in [0.1, 0.15) is 0 Å². The largest absolute Gasteiger partial charge is 0.322 e. The van der Waals surface area contributed by atoms with E-state index in [0.717, 1.165) is 16.8 Å². The van der Waals surface area contributed by atoms with E-state index in [0.29, 0.717) is 11.3 Å². The summed E-state index contributed by atoms with van der Waals surface area (Å²) in [6.45, 7) is 3.87. The predicted octanol–water partition coefficient (Wildman–Crippen LogP) is 4.36. The molecular weight excluding hydrogens is 360 g/mol. The average Bonchev–Trinajstić information content (AvgIpc) is 2.65. The molecule has 0 aromatic heterocycles. The predicted molar refractivity (Wildman–Crippen MR) is 108 cm³/mol. The van der Waals surface area contributed by atoms with E-state index >= 15 is 0 Å². The highest BCUT2D eigenvalue weighted by molar-refractivity contribution is 7.92. The molecule has 0 saturated heterocycles. The topological polar surface area (TPSA) is 75.3 Å². The van der Waals surface area contributed by atoms with Crippen LogP contribution in [0.2, 0.25) is 0 Å². The molecule has 3 aromatic carbocycles. The van der Waals surface area contributed by atoms with Crippen LogP contribution in [0.3, 0.4) is 0 Å². The maximum atomic E-state index is 12.5. The lowest BCUT2D eigenvalue weighted by Gasteiger charge is -2.11. The normalized spacial score (nSPS) is 11.0. The van der Waals surface area contributed by atoms with Crippen molar-refractivity contribution in [3.63, 3.8) is 0 Å². The highest BCUT2D eigenvalue weighted by atomic mass is 32.2. The number of carbonyl (C=O) groups is 1. The summed E-state index contributed by atoms with van der Waals surface area (Å²) in [6.07, 6.45) is 0. The minimum atomic E-state index is -3.71. The SMILES string of the molecule is Cc1ccc(C)c(NC(=O)c2ccc(S(=O)(=O)Nc3ccccc3)cc2)c1. The quantitative estimate of drug-likeness (QED) is 0.691. The number of sulfonamides is 1. The van der Waals surface area contributed by atoms with Crippen LogP contribution in [0.1, 0.15) is 21.5 Å². The summed E-state index contributed by atoms with van der Waals surface area (Å²) in [5.41, 5.74) is 3.61. The van der Waals surface area contributed by atoms with Crippen molar-refractivity contribution in [2.45, 2.75) is 18.7 Å². The lowest BCUT2D eigenvalue weighted by Crippen LogP contribution is -2.15. The van der Waals surface area contributed by atoms with Gasteiger partial charge in [0, 0.05) is 16.9 Å². The molecule has 0 saturated carbocycles. The number of para-hydroxylation sites is 1. The number of hydrogen-bond acceptors (Lipinski definition) is 3. The van der Waals surface area contributed by atoms with Crippen LogP contribution in [0, 0.1) is 13.8 Å². The Balaban J connectivity index is 1.76. The third kappa shape index (κ3) is 4.54. The van der Waals surface area contributed by atoms with Crippen LogP contribution in [0.5, 0.6) is 0 Å². The van der Waals surface area contributed by atoms with Gasteiger partial charge in [-0.25, -0.2) is 8.42 Å². The molecule has 0 fully saturated rings. The summed E-state index contributed by atoms with van der Waals surface area (Å²) in [7, 11) is -3.71. The van der Waals surface area contributed by atoms with E-state index in [2.05, 4.69) is 10.0 Å². The first-order valence-electron chi connectivity index (χ1n) is 8.42. The lowest BCUT2D eigenvalue weighted by molar-refractivity contribution is 0.102. The van der Waals surface area contributed by atoms with E-state index in [1.807, 2.05) is 32.0 Å². The van der Waals surface area contributed by atoms with Gasteiger partial charge in [-0.1, -0.05) is 30.3 Å². The van der Waals surface area contributed by atoms with E-state index in [1.165, 1.54) is 24.3 Å². The zero-order valence-electron chi connectivity index (χ0n) is 15.1. The molecule has 1 amide bonds. The summed E-state index contributed by atoms with van der Waals surface area (Å²) >= 11 is 0. The van der Waals surface area contributed by atoms with Crippen LogP contribution in [-0.4, -0.2) is 14.3 Å². The molecule has 0 spiro atoms. The molecule has 0 aliphatic heterocycles. The van der Waals surface area contributed by atoms with E-state index < -0.39 is 10.0 Å². The van der Waals surface area contributed by atoms with Crippen LogP contribution in [0.25, 0.3) is 0 Å². The van der Waals surface area contributed by atoms with Gasteiger partial charge in [-0.2, -0.15) is 0 Å². The number of benzene rings is 3. The fourth-order valence-corrected chi connectivity index (χ4v) is 3.63. The van der Waals surface area contributed by atoms with E-state index in [-0.39, 0.29) is 10.8 Å². The summed E-state index contributed by atoms with van der Waals surface area (Å²) in [5.74, 6) is -0.288. The number of anilines is 2. The fourth-order valence-electron chi connectivity index (χ4n) is 2.57. The summed E-state index contributed by atoms with van der Waals surface area (Å²) in [6, 6.07) is 20.3. The number of rotatable bonds is 5. The number of carbonyl (C=O) groups excluding carboxylic acids is 1. The number of hydrogen-bond donors (Lipinski definition) is 2. The Morgan fingerprint density at radius 2 is 1.52 bits per heavy atom. The van der Waals surface area contributed by atoms with Crippen LogP contribution >= 0.6 is 0 Å². The van der Waals surface area contributed by atoms with Crippen LogP contribution in [0.4, 0.5) is 11.4 Å². The fraction of sp³-hybridized carbons (Fsp3) is 0.0952. The first kappa shape index (κ1) is 18.7. The minimum absolute atomic E-state index is 0.0923. The van der Waals surface area contributed by atoms with Crippen molar-refractivity contribution in [1.82, 2.24) is 0 Å². The van der Waals surface area contributed by atoms with Gasteiger partial charge in [0.2, 0.25) is 0 Å². The molecular formula is C21H20N2O3S. The molecule has 0 aliphatic carbocycles. The maximum absolute atomic E-state index is 12.5. The van der Waals surface area contributed by atoms with Crippen molar-refractivity contribution >= 4 is 27.3 Å². The smallest absolute Gasteiger partial charge is 0.261 e. The van der Waals surface area contributed by atoms with E-state index in [1.54, 1.807) is 30.3 Å². The van der Waals surface area contributed by atoms with Crippen LogP contribution in [0.15, 0.2) is 77.7 Å². The molecule has 138 valence electrons. The molecule has 0 radical (unpaired) electrons. The Morgan fingerprint density at radius 3 is 2.19 bits per heavy atom. The monoisotopic (exact) mass is 380 g/mol. The lowest BCUT2D eigenvalue weighted by atomic mass is 10.1. The summed E-state index contributed by atoms with van der Waals surface area (Å²) in [5, 5.41) is 2.86. The first-order chi connectivity index (χ1) is 12.8. The molecule has 0 unspecified atom stereocenters. The molecule has 0 heterocycles. The second kappa shape index (κ2) is 7.63. The van der Waals surface area contributed by atoms with Crippen molar-refractivity contribution < 1.29 is 13.2 Å². The maximum Gasteiger partial charge on any atom is 0.261 e. The molecule has 5 nitrogen and oxygen atoms in total. The molecule has 0 atom stereocenters. The average molecular weight is 380 g/mol. The Morgan fingerprint density at radius 1 is 0.852 bits per heavy atom. The molecule has 3 aromatic rings. The second-order valence-corrected chi connectivity index (χ2v) is 7.95. The molecule has 6 heteroatoms. The molecule has 2 N–H and O–H groups in total. The van der Waals surface area contributed by atoms with Crippen molar-refractivity contribution in [2.24, 2.45) is 0 Å². The van der Waals surface area contributed by atoms with Gasteiger partial charge in [0.05, 0.1) is 4.90 Å². The van der Waals surface area contributed by atoms with Gasteiger partial charge in [-0.05, 0) is 67.4 Å². The van der Waals surface area contributed by atoms with Crippen molar-refractivity contribution in [3.8, 4) is 0 Å². The van der Waals surface area contributed by atoms with Crippen molar-refractivity contribution in [1.29, 1.82) is 0 Å². The molecule has 3 rings (SSSR count). The number of nitrogens with one attached hydrogen (secondary N) is 2. The van der Waals surface area contributed by atoms with Gasteiger partial charge in [-0.3, -0.25) is 9.52 Å². The Bertz CT molecular complexity index is 1060. The standard InChI is InChI=1S/C21H20N2O3S/c1-15-8-9-16(2)20(14-15)22-21(24)17-10-12-19(13-11-17)27(25,26)23-18-6-4-3-5-7-18/h3-14,23H,1-2H3,(H,22,24). The number of aryl methyl sites for hydroxylation is 2. The number of amides is 1. The molecule has 27 heavy (non-hydrogen) atoms. The van der Waals surface area contributed by atoms with Crippen molar-refractivity contribution in [3.05, 3.63) is 89.5 Å². The van der Waals surface area contributed by atoms with Crippen LogP contribution in [-0.2, 0) is 10.0 Å². The third-order valence-corrected chi connectivity index (χ3v) is 5.49. The highest BCUT2D eigenvalue weighted by Gasteiger charge is 2.15. The van der Waals surface area contributed by atoms with Gasteiger partial charge in [0.25, 0.3) is 15.9 Å². The van der Waals surface area contributed by atoms with Gasteiger partial charge < -0.3 is 5.32 Å².